The largest absolute Gasteiger partial charge is 0.508 e. The summed E-state index contributed by atoms with van der Waals surface area (Å²) in [6.45, 7) is -0.577. The van der Waals surface area contributed by atoms with E-state index in [0.717, 1.165) is 22.3 Å². The second-order valence-corrected chi connectivity index (χ2v) is 5.44. The van der Waals surface area contributed by atoms with E-state index in [9.17, 15) is 4.79 Å². The first-order valence-corrected chi connectivity index (χ1v) is 7.47. The van der Waals surface area contributed by atoms with Gasteiger partial charge in [0.25, 0.3) is 0 Å². The van der Waals surface area contributed by atoms with Crippen molar-refractivity contribution < 1.29 is 24.5 Å². The van der Waals surface area contributed by atoms with E-state index in [2.05, 4.69) is 12.1 Å². The third-order valence-corrected chi connectivity index (χ3v) is 3.93. The SMILES string of the molecule is O=C(OCC1c2ccccc2-c2ccccc21)OC[C@H](O)CO. The summed E-state index contributed by atoms with van der Waals surface area (Å²) < 4.78 is 9.94. The van der Waals surface area contributed by atoms with Gasteiger partial charge in [-0.1, -0.05) is 48.5 Å². The lowest BCUT2D eigenvalue weighted by atomic mass is 9.98. The third-order valence-electron chi connectivity index (χ3n) is 3.93. The second kappa shape index (κ2) is 6.81. The molecule has 2 aromatic rings. The van der Waals surface area contributed by atoms with Gasteiger partial charge in [0, 0.05) is 5.92 Å². The number of aliphatic hydroxyl groups excluding tert-OH is 2. The number of fused-ring (bicyclic) bond motifs is 3. The molecule has 0 radical (unpaired) electrons. The van der Waals surface area contributed by atoms with Crippen LogP contribution in [0.15, 0.2) is 48.5 Å². The fourth-order valence-electron chi connectivity index (χ4n) is 2.85. The van der Waals surface area contributed by atoms with Crippen molar-refractivity contribution in [1.29, 1.82) is 0 Å². The predicted octanol–water partition coefficient (Wildman–Crippen LogP) is 2.31. The zero-order chi connectivity index (χ0) is 16.2. The highest BCUT2D eigenvalue weighted by atomic mass is 16.7. The van der Waals surface area contributed by atoms with Crippen LogP contribution >= 0.6 is 0 Å². The summed E-state index contributed by atoms with van der Waals surface area (Å²) in [6.07, 6.45) is -1.94. The molecule has 3 rings (SSSR count). The van der Waals surface area contributed by atoms with E-state index in [1.807, 2.05) is 36.4 Å². The summed E-state index contributed by atoms with van der Waals surface area (Å²) in [5.41, 5.74) is 4.55. The highest BCUT2D eigenvalue weighted by molar-refractivity contribution is 5.78. The van der Waals surface area contributed by atoms with Gasteiger partial charge in [0.1, 0.15) is 19.3 Å². The van der Waals surface area contributed by atoms with Crippen LogP contribution < -0.4 is 0 Å². The predicted molar refractivity (Wildman–Crippen MR) is 84.1 cm³/mol. The Bertz CT molecular complexity index is 652. The molecule has 2 N–H and O–H groups in total. The van der Waals surface area contributed by atoms with Gasteiger partial charge >= 0.3 is 6.16 Å². The summed E-state index contributed by atoms with van der Waals surface area (Å²) in [6, 6.07) is 16.1. The molecule has 1 aliphatic rings. The highest BCUT2D eigenvalue weighted by Crippen LogP contribution is 2.44. The molecule has 0 unspecified atom stereocenters. The maximum Gasteiger partial charge on any atom is 0.508 e. The molecule has 120 valence electrons. The Morgan fingerprint density at radius 1 is 1.00 bits per heavy atom. The molecule has 2 aromatic carbocycles. The molecule has 0 bridgehead atoms. The van der Waals surface area contributed by atoms with E-state index in [1.165, 1.54) is 0 Å². The summed E-state index contributed by atoms with van der Waals surface area (Å²) in [4.78, 5) is 11.6. The summed E-state index contributed by atoms with van der Waals surface area (Å²) >= 11 is 0. The number of aliphatic hydroxyl groups is 2. The van der Waals surface area contributed by atoms with Crippen molar-refractivity contribution in [2.45, 2.75) is 12.0 Å². The van der Waals surface area contributed by atoms with E-state index in [-0.39, 0.29) is 19.1 Å². The summed E-state index contributed by atoms with van der Waals surface area (Å²) in [5.74, 6) is -0.0299. The minimum atomic E-state index is -1.09. The van der Waals surface area contributed by atoms with Gasteiger partial charge in [0.05, 0.1) is 6.61 Å². The molecule has 0 spiro atoms. The van der Waals surface area contributed by atoms with Crippen molar-refractivity contribution in [2.75, 3.05) is 19.8 Å². The van der Waals surface area contributed by atoms with Crippen LogP contribution in [0.3, 0.4) is 0 Å². The van der Waals surface area contributed by atoms with Gasteiger partial charge in [-0.05, 0) is 22.3 Å². The third kappa shape index (κ3) is 3.21. The molecule has 23 heavy (non-hydrogen) atoms. The number of carbonyl (C=O) groups is 1. The topological polar surface area (TPSA) is 76.0 Å². The van der Waals surface area contributed by atoms with Gasteiger partial charge in [0.15, 0.2) is 0 Å². The van der Waals surface area contributed by atoms with Gasteiger partial charge in [-0.15, -0.1) is 0 Å². The monoisotopic (exact) mass is 314 g/mol. The Labute approximate surface area is 134 Å². The molecule has 0 aliphatic heterocycles. The van der Waals surface area contributed by atoms with Gasteiger partial charge in [0.2, 0.25) is 0 Å². The fourth-order valence-corrected chi connectivity index (χ4v) is 2.85. The average Bonchev–Trinajstić information content (AvgIpc) is 2.92. The van der Waals surface area contributed by atoms with Crippen LogP contribution in [-0.4, -0.2) is 42.3 Å². The average molecular weight is 314 g/mol. The minimum Gasteiger partial charge on any atom is -0.433 e. The molecular weight excluding hydrogens is 296 g/mol. The van der Waals surface area contributed by atoms with E-state index >= 15 is 0 Å². The van der Waals surface area contributed by atoms with E-state index in [1.54, 1.807) is 0 Å². The number of ether oxygens (including phenoxy) is 2. The normalized spacial score (nSPS) is 14.0. The Morgan fingerprint density at radius 3 is 2.13 bits per heavy atom. The molecule has 1 atom stereocenters. The molecule has 5 heteroatoms. The van der Waals surface area contributed by atoms with E-state index in [0.29, 0.717) is 0 Å². The first-order chi connectivity index (χ1) is 11.2. The van der Waals surface area contributed by atoms with Crippen LogP contribution in [0.1, 0.15) is 17.0 Å². The van der Waals surface area contributed by atoms with Crippen molar-refractivity contribution in [3.05, 3.63) is 59.7 Å². The Kier molecular flexibility index (Phi) is 4.60. The highest BCUT2D eigenvalue weighted by Gasteiger charge is 2.29. The maximum atomic E-state index is 11.6. The molecule has 0 amide bonds. The Hall–Kier alpha value is -2.37. The van der Waals surface area contributed by atoms with Crippen LogP contribution in [0, 0.1) is 0 Å². The molecular formula is C18H18O5. The lowest BCUT2D eigenvalue weighted by Gasteiger charge is -2.14. The van der Waals surface area contributed by atoms with Crippen molar-refractivity contribution in [3.63, 3.8) is 0 Å². The number of rotatable bonds is 5. The van der Waals surface area contributed by atoms with E-state index < -0.39 is 18.9 Å². The van der Waals surface area contributed by atoms with Crippen molar-refractivity contribution in [3.8, 4) is 11.1 Å². The molecule has 0 saturated carbocycles. The van der Waals surface area contributed by atoms with E-state index in [4.69, 9.17) is 19.7 Å². The standard InChI is InChI=1S/C18H18O5/c19-9-12(20)10-22-18(21)23-11-17-15-7-3-1-5-13(15)14-6-2-4-8-16(14)17/h1-8,12,17,19-20H,9-11H2/t12-/m1/s1. The van der Waals surface area contributed by atoms with Gasteiger partial charge in [-0.2, -0.15) is 0 Å². The van der Waals surface area contributed by atoms with Crippen LogP contribution in [0.4, 0.5) is 4.79 Å². The zero-order valence-electron chi connectivity index (χ0n) is 12.5. The molecule has 1 aliphatic carbocycles. The fraction of sp³-hybridized carbons (Fsp3) is 0.278. The first kappa shape index (κ1) is 15.5. The van der Waals surface area contributed by atoms with Gasteiger partial charge in [-0.3, -0.25) is 0 Å². The first-order valence-electron chi connectivity index (χ1n) is 7.47. The Balaban J connectivity index is 1.70. The number of hydrogen-bond donors (Lipinski definition) is 2. The van der Waals surface area contributed by atoms with Crippen molar-refractivity contribution in [1.82, 2.24) is 0 Å². The van der Waals surface area contributed by atoms with Crippen molar-refractivity contribution in [2.24, 2.45) is 0 Å². The number of hydrogen-bond acceptors (Lipinski definition) is 5. The lowest BCUT2D eigenvalue weighted by molar-refractivity contribution is 0.0000694. The van der Waals surface area contributed by atoms with Crippen molar-refractivity contribution >= 4 is 6.16 Å². The molecule has 0 fully saturated rings. The molecule has 5 nitrogen and oxygen atoms in total. The lowest BCUT2D eigenvalue weighted by Crippen LogP contribution is -2.23. The summed E-state index contributed by atoms with van der Waals surface area (Å²) in [7, 11) is 0. The maximum absolute atomic E-state index is 11.6. The smallest absolute Gasteiger partial charge is 0.433 e. The quantitative estimate of drug-likeness (QED) is 0.828. The van der Waals surface area contributed by atoms with Crippen LogP contribution in [0.5, 0.6) is 0 Å². The van der Waals surface area contributed by atoms with Crippen LogP contribution in [0.2, 0.25) is 0 Å². The van der Waals surface area contributed by atoms with Crippen LogP contribution in [0.25, 0.3) is 11.1 Å². The molecule has 0 saturated heterocycles. The minimum absolute atomic E-state index is 0.0299. The zero-order valence-corrected chi connectivity index (χ0v) is 12.5. The second-order valence-electron chi connectivity index (χ2n) is 5.44. The molecule has 0 aromatic heterocycles. The van der Waals surface area contributed by atoms with Gasteiger partial charge in [-0.25, -0.2) is 4.79 Å². The summed E-state index contributed by atoms with van der Waals surface area (Å²) in [5, 5.41) is 17.9. The Morgan fingerprint density at radius 2 is 1.57 bits per heavy atom. The van der Waals surface area contributed by atoms with Gasteiger partial charge < -0.3 is 19.7 Å². The number of benzene rings is 2. The molecule has 0 heterocycles. The van der Waals surface area contributed by atoms with Crippen LogP contribution in [-0.2, 0) is 9.47 Å². The number of carbonyl (C=O) groups excluding carboxylic acids is 1.